The van der Waals surface area contributed by atoms with Crippen LogP contribution in [0.15, 0.2) is 41.6 Å². The van der Waals surface area contributed by atoms with Crippen LogP contribution in [0.25, 0.3) is 0 Å². The number of fused-ring (bicyclic) bond motifs is 1. The van der Waals surface area contributed by atoms with E-state index in [1.165, 1.54) is 0 Å². The van der Waals surface area contributed by atoms with Gasteiger partial charge in [0.25, 0.3) is 11.8 Å². The number of aliphatic carboxylic acids is 1. The second-order valence-corrected chi connectivity index (χ2v) is 17.5. The maximum atomic E-state index is 13.8. The van der Waals surface area contributed by atoms with Crippen molar-refractivity contribution in [1.82, 2.24) is 10.2 Å². The van der Waals surface area contributed by atoms with Gasteiger partial charge < -0.3 is 10.4 Å². The third-order valence-corrected chi connectivity index (χ3v) is 16.9. The normalized spacial score (nSPS) is 26.3. The fraction of sp³-hybridized carbons (Fsp3) is 0.476. The highest BCUT2D eigenvalue weighted by atomic mass is 79.9. The highest BCUT2D eigenvalue weighted by molar-refractivity contribution is 9.09. The van der Waals surface area contributed by atoms with Crippen molar-refractivity contribution in [2.45, 2.75) is 55.2 Å². The van der Waals surface area contributed by atoms with Crippen molar-refractivity contribution in [2.24, 2.45) is 0 Å². The number of carbonyl (C=O) groups is 3. The van der Waals surface area contributed by atoms with Gasteiger partial charge in [-0.25, -0.2) is 4.79 Å². The summed E-state index contributed by atoms with van der Waals surface area (Å²) >= 11 is 3.38. The van der Waals surface area contributed by atoms with Crippen molar-refractivity contribution in [3.8, 4) is 0 Å². The smallest absolute Gasteiger partial charge is 0.352 e. The molecular formula is C21H27BrN2O5SSi. The Bertz CT molecular complexity index is 989. The quantitative estimate of drug-likeness (QED) is 0.348. The molecule has 168 valence electrons. The van der Waals surface area contributed by atoms with E-state index in [-0.39, 0.29) is 16.1 Å². The van der Waals surface area contributed by atoms with Gasteiger partial charge in [-0.05, 0) is 22.7 Å². The van der Waals surface area contributed by atoms with Crippen LogP contribution in [0, 0.1) is 0 Å². The third kappa shape index (κ3) is 3.82. The SMILES string of the molecule is CC(C)(C)[Si](C)(C)C1C(CBr)=C(C(=O)O)N2C(=O)C(NC(=O)c3ccccc3)[C@H]2S1=O. The topological polar surface area (TPSA) is 104 Å². The van der Waals surface area contributed by atoms with E-state index in [1.807, 2.05) is 0 Å². The number of halogens is 1. The summed E-state index contributed by atoms with van der Waals surface area (Å²) in [6.45, 7) is 10.4. The number of amides is 2. The molecule has 3 rings (SSSR count). The van der Waals surface area contributed by atoms with Gasteiger partial charge in [-0.1, -0.05) is 68.0 Å². The average molecular weight is 528 g/mol. The number of benzene rings is 1. The molecule has 0 radical (unpaired) electrons. The fourth-order valence-electron chi connectivity index (χ4n) is 3.94. The summed E-state index contributed by atoms with van der Waals surface area (Å²) in [5, 5.41) is 11.8. The van der Waals surface area contributed by atoms with E-state index in [2.05, 4.69) is 55.1 Å². The largest absolute Gasteiger partial charge is 0.477 e. The number of hydrogen-bond donors (Lipinski definition) is 2. The van der Waals surface area contributed by atoms with Crippen LogP contribution in [-0.2, 0) is 20.4 Å². The van der Waals surface area contributed by atoms with Crippen LogP contribution in [0.2, 0.25) is 18.1 Å². The van der Waals surface area contributed by atoms with Crippen molar-refractivity contribution < 1.29 is 23.7 Å². The molecule has 1 aromatic rings. The maximum absolute atomic E-state index is 13.8. The number of carboxylic acid groups (broad SMARTS) is 1. The summed E-state index contributed by atoms with van der Waals surface area (Å²) < 4.78 is 13.8. The van der Waals surface area contributed by atoms with Crippen LogP contribution in [0.3, 0.4) is 0 Å². The van der Waals surface area contributed by atoms with E-state index >= 15 is 0 Å². The molecule has 2 N–H and O–H groups in total. The van der Waals surface area contributed by atoms with Gasteiger partial charge in [-0.3, -0.25) is 18.7 Å². The van der Waals surface area contributed by atoms with Gasteiger partial charge in [0.05, 0.1) is 23.7 Å². The van der Waals surface area contributed by atoms with Crippen LogP contribution in [0.1, 0.15) is 31.1 Å². The lowest BCUT2D eigenvalue weighted by Crippen LogP contribution is -2.76. The van der Waals surface area contributed by atoms with E-state index < -0.39 is 52.9 Å². The Hall–Kier alpha value is -1.78. The fourth-order valence-corrected chi connectivity index (χ4v) is 12.4. The summed E-state index contributed by atoms with van der Waals surface area (Å²) in [6, 6.07) is 7.43. The molecule has 0 spiro atoms. The summed E-state index contributed by atoms with van der Waals surface area (Å²) in [6.07, 6.45) is 0. The van der Waals surface area contributed by atoms with Gasteiger partial charge >= 0.3 is 5.97 Å². The predicted octanol–water partition coefficient (Wildman–Crippen LogP) is 2.87. The summed E-state index contributed by atoms with van der Waals surface area (Å²) in [4.78, 5) is 38.4. The third-order valence-electron chi connectivity index (χ3n) is 6.63. The molecule has 4 atom stereocenters. The van der Waals surface area contributed by atoms with Crippen molar-refractivity contribution in [3.63, 3.8) is 0 Å². The number of carbonyl (C=O) groups excluding carboxylic acids is 2. The molecule has 0 bridgehead atoms. The second kappa shape index (κ2) is 8.29. The van der Waals surface area contributed by atoms with Crippen molar-refractivity contribution >= 4 is 52.6 Å². The monoisotopic (exact) mass is 526 g/mol. The maximum Gasteiger partial charge on any atom is 0.352 e. The molecule has 0 aromatic heterocycles. The molecule has 0 saturated carbocycles. The minimum Gasteiger partial charge on any atom is -0.477 e. The molecule has 0 aliphatic carbocycles. The van der Waals surface area contributed by atoms with E-state index in [0.29, 0.717) is 11.1 Å². The van der Waals surface area contributed by atoms with E-state index in [0.717, 1.165) is 4.90 Å². The molecule has 2 aliphatic heterocycles. The van der Waals surface area contributed by atoms with Gasteiger partial charge in [0, 0.05) is 10.9 Å². The van der Waals surface area contributed by atoms with E-state index in [4.69, 9.17) is 0 Å². The van der Waals surface area contributed by atoms with Crippen molar-refractivity contribution in [3.05, 3.63) is 47.2 Å². The molecule has 10 heteroatoms. The van der Waals surface area contributed by atoms with Gasteiger partial charge in [-0.2, -0.15) is 0 Å². The molecule has 2 aliphatic rings. The van der Waals surface area contributed by atoms with E-state index in [9.17, 15) is 23.7 Å². The zero-order valence-electron chi connectivity index (χ0n) is 18.1. The Morgan fingerprint density at radius 1 is 1.23 bits per heavy atom. The lowest BCUT2D eigenvalue weighted by molar-refractivity contribution is -0.149. The summed E-state index contributed by atoms with van der Waals surface area (Å²) in [7, 11) is -3.91. The molecular weight excluding hydrogens is 500 g/mol. The number of hydrogen-bond acceptors (Lipinski definition) is 4. The molecule has 2 heterocycles. The van der Waals surface area contributed by atoms with Gasteiger partial charge in [0.1, 0.15) is 17.1 Å². The Kier molecular flexibility index (Phi) is 6.38. The lowest BCUT2D eigenvalue weighted by atomic mass is 10.0. The predicted molar refractivity (Wildman–Crippen MR) is 126 cm³/mol. The molecule has 7 nitrogen and oxygen atoms in total. The summed E-state index contributed by atoms with van der Waals surface area (Å²) in [5.41, 5.74) is 0.771. The van der Waals surface area contributed by atoms with Crippen molar-refractivity contribution in [1.29, 1.82) is 0 Å². The molecule has 1 fully saturated rings. The molecule has 1 saturated heterocycles. The highest BCUT2D eigenvalue weighted by Gasteiger charge is 2.62. The minimum atomic E-state index is -2.33. The molecule has 31 heavy (non-hydrogen) atoms. The number of alkyl halides is 1. The number of nitrogens with one attached hydrogen (secondary N) is 1. The molecule has 2 amide bonds. The molecule has 3 unspecified atom stereocenters. The average Bonchev–Trinajstić information content (AvgIpc) is 2.70. The van der Waals surface area contributed by atoms with Gasteiger partial charge in [0.15, 0.2) is 0 Å². The Morgan fingerprint density at radius 2 is 1.81 bits per heavy atom. The minimum absolute atomic E-state index is 0.105. The zero-order valence-corrected chi connectivity index (χ0v) is 21.5. The highest BCUT2D eigenvalue weighted by Crippen LogP contribution is 2.48. The number of nitrogens with zero attached hydrogens (tertiary/aromatic N) is 1. The summed E-state index contributed by atoms with van der Waals surface area (Å²) in [5.74, 6) is -2.22. The van der Waals surface area contributed by atoms with Crippen LogP contribution in [-0.4, -0.2) is 61.7 Å². The second-order valence-electron chi connectivity index (χ2n) is 9.41. The first-order valence-corrected chi connectivity index (χ1v) is 15.4. The number of rotatable bonds is 5. The molecule has 1 aromatic carbocycles. The van der Waals surface area contributed by atoms with E-state index in [1.54, 1.807) is 30.3 Å². The van der Waals surface area contributed by atoms with Gasteiger partial charge in [0.2, 0.25) is 0 Å². The van der Waals surface area contributed by atoms with Crippen LogP contribution >= 0.6 is 15.9 Å². The van der Waals surface area contributed by atoms with Crippen molar-refractivity contribution in [2.75, 3.05) is 5.33 Å². The first kappa shape index (κ1) is 23.9. The first-order chi connectivity index (χ1) is 14.3. The Balaban J connectivity index is 2.05. The van der Waals surface area contributed by atoms with Crippen LogP contribution < -0.4 is 5.32 Å². The Labute approximate surface area is 193 Å². The lowest BCUT2D eigenvalue weighted by Gasteiger charge is -2.55. The van der Waals surface area contributed by atoms with Gasteiger partial charge in [-0.15, -0.1) is 0 Å². The van der Waals surface area contributed by atoms with Crippen LogP contribution in [0.5, 0.6) is 0 Å². The standard InChI is InChI=1S/C21H27BrN2O5SSi/c1-21(2,3)31(4,5)20-13(11-22)15(19(27)28)24-17(26)14(18(24)30(20)29)23-16(25)12-9-7-6-8-10-12/h6-10,14,18,20H,11H2,1-5H3,(H,23,25)(H,27,28)/t14?,18-,20?,30?/m1/s1. The van der Waals surface area contributed by atoms with Crippen LogP contribution in [0.4, 0.5) is 0 Å². The number of β-lactam (4-membered cyclic amide) rings is 1. The number of carboxylic acids is 1. The zero-order chi connectivity index (χ0) is 23.3. The Morgan fingerprint density at radius 3 is 2.29 bits per heavy atom. The first-order valence-electron chi connectivity index (χ1n) is 9.95.